The number of carbonyl (C=O) groups is 2. The number of amides is 1. The Morgan fingerprint density at radius 3 is 2.63 bits per heavy atom. The van der Waals surface area contributed by atoms with Crippen LogP contribution in [0.2, 0.25) is 0 Å². The predicted octanol–water partition coefficient (Wildman–Crippen LogP) is 2.24. The molecule has 0 radical (unpaired) electrons. The molecule has 1 N–H and O–H groups in total. The Kier molecular flexibility index (Phi) is 6.35. The van der Waals surface area contributed by atoms with Crippen molar-refractivity contribution in [3.8, 4) is 0 Å². The first-order valence-corrected chi connectivity index (χ1v) is 6.90. The minimum Gasteiger partial charge on any atom is -0.481 e. The van der Waals surface area contributed by atoms with Crippen LogP contribution in [0, 0.1) is 5.82 Å². The van der Waals surface area contributed by atoms with Gasteiger partial charge in [-0.05, 0) is 19.1 Å². The van der Waals surface area contributed by atoms with Crippen molar-refractivity contribution in [1.82, 2.24) is 4.90 Å². The van der Waals surface area contributed by atoms with Crippen molar-refractivity contribution < 1.29 is 19.1 Å². The Bertz CT molecular complexity index is 453. The third-order valence-corrected chi connectivity index (χ3v) is 3.55. The van der Waals surface area contributed by atoms with Crippen LogP contribution < -0.4 is 0 Å². The van der Waals surface area contributed by atoms with Gasteiger partial charge in [0.05, 0.1) is 12.2 Å². The first kappa shape index (κ1) is 15.5. The van der Waals surface area contributed by atoms with E-state index in [-0.39, 0.29) is 30.4 Å². The number of carboxylic acids is 1. The second kappa shape index (κ2) is 7.78. The standard InChI is InChI=1S/C13H16FNO3S/c1-2-15(8-7-13(17)18)12(16)9-19-11-6-4-3-5-10(11)14/h3-6H,2,7-9H2,1H3,(H,17,18). The lowest BCUT2D eigenvalue weighted by atomic mass is 10.3. The van der Waals surface area contributed by atoms with Gasteiger partial charge in [0.15, 0.2) is 0 Å². The molecule has 104 valence electrons. The molecule has 0 aliphatic heterocycles. The largest absolute Gasteiger partial charge is 0.481 e. The number of rotatable bonds is 7. The SMILES string of the molecule is CCN(CCC(=O)O)C(=O)CSc1ccccc1F. The van der Waals surface area contributed by atoms with Gasteiger partial charge in [-0.2, -0.15) is 0 Å². The number of carbonyl (C=O) groups excluding carboxylic acids is 1. The van der Waals surface area contributed by atoms with Crippen molar-refractivity contribution in [3.05, 3.63) is 30.1 Å². The zero-order chi connectivity index (χ0) is 14.3. The fourth-order valence-electron chi connectivity index (χ4n) is 1.48. The Balaban J connectivity index is 2.49. The summed E-state index contributed by atoms with van der Waals surface area (Å²) < 4.78 is 13.4. The van der Waals surface area contributed by atoms with Crippen LogP contribution in [0.3, 0.4) is 0 Å². The van der Waals surface area contributed by atoms with Gasteiger partial charge in [0.25, 0.3) is 0 Å². The predicted molar refractivity (Wildman–Crippen MR) is 71.6 cm³/mol. The molecule has 1 amide bonds. The monoisotopic (exact) mass is 285 g/mol. The molecule has 0 fully saturated rings. The molecule has 4 nitrogen and oxygen atoms in total. The molecule has 0 spiro atoms. The lowest BCUT2D eigenvalue weighted by Gasteiger charge is -2.19. The minimum absolute atomic E-state index is 0.0794. The average molecular weight is 285 g/mol. The van der Waals surface area contributed by atoms with Crippen LogP contribution in [0.1, 0.15) is 13.3 Å². The molecule has 0 unspecified atom stereocenters. The Labute approximate surface area is 115 Å². The Morgan fingerprint density at radius 1 is 1.37 bits per heavy atom. The van der Waals surface area contributed by atoms with Gasteiger partial charge in [0.1, 0.15) is 5.82 Å². The highest BCUT2D eigenvalue weighted by Crippen LogP contribution is 2.21. The van der Waals surface area contributed by atoms with Gasteiger partial charge in [-0.15, -0.1) is 11.8 Å². The topological polar surface area (TPSA) is 57.6 Å². The van der Waals surface area contributed by atoms with E-state index in [9.17, 15) is 14.0 Å². The van der Waals surface area contributed by atoms with Crippen molar-refractivity contribution >= 4 is 23.6 Å². The third kappa shape index (κ3) is 5.30. The van der Waals surface area contributed by atoms with E-state index in [1.165, 1.54) is 11.0 Å². The molecule has 0 aliphatic carbocycles. The summed E-state index contributed by atoms with van der Waals surface area (Å²) in [5.74, 6) is -1.37. The van der Waals surface area contributed by atoms with Gasteiger partial charge >= 0.3 is 5.97 Å². The van der Waals surface area contributed by atoms with Crippen LogP contribution >= 0.6 is 11.8 Å². The fourth-order valence-corrected chi connectivity index (χ4v) is 2.32. The maximum absolute atomic E-state index is 13.4. The summed E-state index contributed by atoms with van der Waals surface area (Å²) in [6, 6.07) is 6.25. The van der Waals surface area contributed by atoms with E-state index in [2.05, 4.69) is 0 Å². The number of benzene rings is 1. The lowest BCUT2D eigenvalue weighted by Crippen LogP contribution is -2.34. The number of aliphatic carboxylic acids is 1. The summed E-state index contributed by atoms with van der Waals surface area (Å²) in [4.78, 5) is 24.2. The van der Waals surface area contributed by atoms with Crippen molar-refractivity contribution in [1.29, 1.82) is 0 Å². The highest BCUT2D eigenvalue weighted by atomic mass is 32.2. The molecule has 6 heteroatoms. The molecule has 0 saturated heterocycles. The zero-order valence-electron chi connectivity index (χ0n) is 10.6. The maximum atomic E-state index is 13.4. The van der Waals surface area contributed by atoms with E-state index < -0.39 is 5.97 Å². The summed E-state index contributed by atoms with van der Waals surface area (Å²) in [6.45, 7) is 2.42. The van der Waals surface area contributed by atoms with E-state index in [1.54, 1.807) is 25.1 Å². The number of nitrogens with zero attached hydrogens (tertiary/aromatic N) is 1. The molecular weight excluding hydrogens is 269 g/mol. The molecule has 1 aromatic rings. The summed E-state index contributed by atoms with van der Waals surface area (Å²) in [5, 5.41) is 8.59. The first-order chi connectivity index (χ1) is 9.04. The summed E-state index contributed by atoms with van der Waals surface area (Å²) >= 11 is 1.12. The quantitative estimate of drug-likeness (QED) is 0.781. The lowest BCUT2D eigenvalue weighted by molar-refractivity contribution is -0.138. The molecule has 0 heterocycles. The van der Waals surface area contributed by atoms with Crippen LogP contribution in [-0.2, 0) is 9.59 Å². The molecule has 19 heavy (non-hydrogen) atoms. The molecule has 0 aliphatic rings. The molecule has 0 bridgehead atoms. The van der Waals surface area contributed by atoms with Crippen LogP contribution in [-0.4, -0.2) is 40.7 Å². The highest BCUT2D eigenvalue weighted by Gasteiger charge is 2.14. The van der Waals surface area contributed by atoms with Crippen molar-refractivity contribution in [3.63, 3.8) is 0 Å². The summed E-state index contributed by atoms with van der Waals surface area (Å²) in [7, 11) is 0. The Hall–Kier alpha value is -1.56. The number of thioether (sulfide) groups is 1. The van der Waals surface area contributed by atoms with Crippen molar-refractivity contribution in [2.45, 2.75) is 18.2 Å². The molecular formula is C13H16FNO3S. The van der Waals surface area contributed by atoms with Gasteiger partial charge < -0.3 is 10.0 Å². The van der Waals surface area contributed by atoms with Gasteiger partial charge in [0.2, 0.25) is 5.91 Å². The summed E-state index contributed by atoms with van der Waals surface area (Å²) in [5.41, 5.74) is 0. The molecule has 0 aromatic heterocycles. The molecule has 0 atom stereocenters. The molecule has 1 rings (SSSR count). The number of hydrogen-bond donors (Lipinski definition) is 1. The minimum atomic E-state index is -0.937. The van der Waals surface area contributed by atoms with Crippen molar-refractivity contribution in [2.24, 2.45) is 0 Å². The van der Waals surface area contributed by atoms with Gasteiger partial charge in [-0.3, -0.25) is 9.59 Å². The Morgan fingerprint density at radius 2 is 2.05 bits per heavy atom. The van der Waals surface area contributed by atoms with Crippen LogP contribution in [0.25, 0.3) is 0 Å². The van der Waals surface area contributed by atoms with E-state index in [4.69, 9.17) is 5.11 Å². The van der Waals surface area contributed by atoms with E-state index in [0.717, 1.165) is 11.8 Å². The van der Waals surface area contributed by atoms with E-state index >= 15 is 0 Å². The fraction of sp³-hybridized carbons (Fsp3) is 0.385. The average Bonchev–Trinajstić information content (AvgIpc) is 2.38. The van der Waals surface area contributed by atoms with Gasteiger partial charge in [-0.25, -0.2) is 4.39 Å². The van der Waals surface area contributed by atoms with E-state index in [0.29, 0.717) is 11.4 Å². The highest BCUT2D eigenvalue weighted by molar-refractivity contribution is 8.00. The number of hydrogen-bond acceptors (Lipinski definition) is 3. The molecule has 1 aromatic carbocycles. The van der Waals surface area contributed by atoms with E-state index in [1.807, 2.05) is 0 Å². The summed E-state index contributed by atoms with van der Waals surface area (Å²) in [6.07, 6.45) is -0.0794. The van der Waals surface area contributed by atoms with Gasteiger partial charge in [0, 0.05) is 18.0 Å². The van der Waals surface area contributed by atoms with Crippen LogP contribution in [0.15, 0.2) is 29.2 Å². The number of carboxylic acid groups (broad SMARTS) is 1. The van der Waals surface area contributed by atoms with Gasteiger partial charge in [-0.1, -0.05) is 12.1 Å². The normalized spacial score (nSPS) is 10.2. The number of halogens is 1. The zero-order valence-corrected chi connectivity index (χ0v) is 11.5. The third-order valence-electron chi connectivity index (χ3n) is 2.52. The molecule has 0 saturated carbocycles. The van der Waals surface area contributed by atoms with Crippen LogP contribution in [0.5, 0.6) is 0 Å². The first-order valence-electron chi connectivity index (χ1n) is 5.91. The second-order valence-corrected chi connectivity index (χ2v) is 4.85. The maximum Gasteiger partial charge on any atom is 0.305 e. The van der Waals surface area contributed by atoms with Crippen molar-refractivity contribution in [2.75, 3.05) is 18.8 Å². The second-order valence-electron chi connectivity index (χ2n) is 3.84. The van der Waals surface area contributed by atoms with Crippen LogP contribution in [0.4, 0.5) is 4.39 Å². The smallest absolute Gasteiger partial charge is 0.305 e.